The Morgan fingerprint density at radius 2 is 1.52 bits per heavy atom. The first kappa shape index (κ1) is 22.3. The van der Waals surface area contributed by atoms with Gasteiger partial charge in [0.05, 0.1) is 0 Å². The summed E-state index contributed by atoms with van der Waals surface area (Å²) < 4.78 is 5.87. The number of anilines is 1. The van der Waals surface area contributed by atoms with Crippen LogP contribution >= 0.6 is 0 Å². The summed E-state index contributed by atoms with van der Waals surface area (Å²) >= 11 is -2.39. The number of amides is 2. The molecule has 0 saturated heterocycles. The second kappa shape index (κ2) is 12.6. The SMILES string of the molecule is CCC[CH2][Sn]([CH2]CCC)([CH2]CCC)[c]1ccc(NC(=O)NCC)nc1. The first-order valence-electron chi connectivity index (χ1n) is 10.1. The molecule has 1 rings (SSSR count). The van der Waals surface area contributed by atoms with Crippen molar-refractivity contribution in [1.29, 1.82) is 0 Å². The summed E-state index contributed by atoms with van der Waals surface area (Å²) in [4.78, 5) is 16.2. The van der Waals surface area contributed by atoms with Crippen molar-refractivity contribution in [3.8, 4) is 0 Å². The van der Waals surface area contributed by atoms with Gasteiger partial charge in [0, 0.05) is 0 Å². The Balaban J connectivity index is 2.99. The van der Waals surface area contributed by atoms with E-state index >= 15 is 0 Å². The fraction of sp³-hybridized carbons (Fsp3) is 0.700. The van der Waals surface area contributed by atoms with Crippen molar-refractivity contribution in [2.45, 2.75) is 79.5 Å². The van der Waals surface area contributed by atoms with Gasteiger partial charge in [-0.25, -0.2) is 0 Å². The number of carbonyl (C=O) groups is 1. The van der Waals surface area contributed by atoms with Crippen LogP contribution < -0.4 is 14.2 Å². The van der Waals surface area contributed by atoms with Crippen LogP contribution in [0.3, 0.4) is 0 Å². The number of carbonyl (C=O) groups excluding carboxylic acids is 1. The van der Waals surface area contributed by atoms with Crippen molar-refractivity contribution in [3.63, 3.8) is 0 Å². The summed E-state index contributed by atoms with van der Waals surface area (Å²) in [6, 6.07) is 4.09. The van der Waals surface area contributed by atoms with Gasteiger partial charge in [0.2, 0.25) is 0 Å². The van der Waals surface area contributed by atoms with Crippen LogP contribution in [0.4, 0.5) is 10.6 Å². The van der Waals surface area contributed by atoms with E-state index < -0.39 is 18.4 Å². The van der Waals surface area contributed by atoms with Crippen LogP contribution in [0.25, 0.3) is 0 Å². The van der Waals surface area contributed by atoms with E-state index in [-0.39, 0.29) is 6.03 Å². The molecule has 5 heteroatoms. The molecule has 1 heterocycles. The zero-order chi connectivity index (χ0) is 18.5. The second-order valence-corrected chi connectivity index (χ2v) is 20.2. The monoisotopic (exact) mass is 455 g/mol. The van der Waals surface area contributed by atoms with Crippen molar-refractivity contribution in [2.24, 2.45) is 0 Å². The Morgan fingerprint density at radius 3 is 1.92 bits per heavy atom. The van der Waals surface area contributed by atoms with E-state index in [1.54, 1.807) is 3.58 Å². The molecule has 0 fully saturated rings. The third-order valence-corrected chi connectivity index (χ3v) is 20.5. The molecule has 0 unspecified atom stereocenters. The molecule has 0 aliphatic rings. The number of unbranched alkanes of at least 4 members (excludes halogenated alkanes) is 3. The van der Waals surface area contributed by atoms with Crippen molar-refractivity contribution in [2.75, 3.05) is 11.9 Å². The van der Waals surface area contributed by atoms with Crippen molar-refractivity contribution in [1.82, 2.24) is 10.3 Å². The number of nitrogens with zero attached hydrogens (tertiary/aromatic N) is 1. The van der Waals surface area contributed by atoms with E-state index in [2.05, 4.69) is 48.7 Å². The summed E-state index contributed by atoms with van der Waals surface area (Å²) in [7, 11) is 0. The number of nitrogens with one attached hydrogen (secondary N) is 2. The van der Waals surface area contributed by atoms with E-state index in [0.717, 1.165) is 0 Å². The van der Waals surface area contributed by atoms with Crippen molar-refractivity contribution >= 4 is 33.8 Å². The molecule has 2 N–H and O–H groups in total. The molecule has 0 aliphatic carbocycles. The third-order valence-electron chi connectivity index (χ3n) is 4.98. The van der Waals surface area contributed by atoms with Gasteiger partial charge in [-0.05, 0) is 0 Å². The van der Waals surface area contributed by atoms with Gasteiger partial charge in [-0.3, -0.25) is 0 Å². The van der Waals surface area contributed by atoms with E-state index in [1.807, 2.05) is 13.0 Å². The summed E-state index contributed by atoms with van der Waals surface area (Å²) in [5.41, 5.74) is 0. The van der Waals surface area contributed by atoms with Crippen LogP contribution in [0.1, 0.15) is 66.2 Å². The van der Waals surface area contributed by atoms with Crippen LogP contribution in [0.2, 0.25) is 13.3 Å². The van der Waals surface area contributed by atoms with Crippen LogP contribution in [0, 0.1) is 0 Å². The van der Waals surface area contributed by atoms with Crippen molar-refractivity contribution in [3.05, 3.63) is 18.3 Å². The van der Waals surface area contributed by atoms with Crippen LogP contribution in [0.5, 0.6) is 0 Å². The molecule has 0 atom stereocenters. The summed E-state index contributed by atoms with van der Waals surface area (Å²) in [5, 5.41) is 5.56. The zero-order valence-electron chi connectivity index (χ0n) is 16.7. The van der Waals surface area contributed by atoms with Gasteiger partial charge in [-0.15, -0.1) is 0 Å². The molecule has 0 saturated carbocycles. The zero-order valence-corrected chi connectivity index (χ0v) is 19.5. The summed E-state index contributed by atoms with van der Waals surface area (Å²) in [6.07, 6.45) is 9.97. The predicted octanol–water partition coefficient (Wildman–Crippen LogP) is 5.28. The number of rotatable bonds is 12. The molecule has 4 nitrogen and oxygen atoms in total. The Hall–Kier alpha value is -0.781. The average Bonchev–Trinajstić information content (AvgIpc) is 2.62. The van der Waals surface area contributed by atoms with Crippen molar-refractivity contribution < 1.29 is 4.79 Å². The number of hydrogen-bond acceptors (Lipinski definition) is 2. The molecule has 25 heavy (non-hydrogen) atoms. The van der Waals surface area contributed by atoms with Gasteiger partial charge < -0.3 is 0 Å². The topological polar surface area (TPSA) is 54.0 Å². The Bertz CT molecular complexity index is 468. The molecule has 142 valence electrons. The Morgan fingerprint density at radius 1 is 0.960 bits per heavy atom. The Kier molecular flexibility index (Phi) is 11.2. The minimum absolute atomic E-state index is 0.180. The molecule has 0 spiro atoms. The molecule has 0 aliphatic heterocycles. The Labute approximate surface area is 158 Å². The van der Waals surface area contributed by atoms with Gasteiger partial charge >= 0.3 is 159 Å². The maximum absolute atomic E-state index is 11.7. The standard InChI is InChI=1S/C8H10N3O.3C4H9.Sn/c1-2-9-8(12)11-7-5-3-4-6-10-7;3*1-3-4-2;/h3,5-6H,2H2,1H3,(H2,9,10,11,12);3*1,3-4H2,2H3;. The maximum atomic E-state index is 11.7. The number of urea groups is 1. The van der Waals surface area contributed by atoms with Crippen LogP contribution in [-0.2, 0) is 0 Å². The number of aromatic nitrogens is 1. The molecule has 2 amide bonds. The first-order valence-corrected chi connectivity index (χ1v) is 17.6. The van der Waals surface area contributed by atoms with Gasteiger partial charge in [0.25, 0.3) is 0 Å². The second-order valence-electron chi connectivity index (χ2n) is 7.01. The predicted molar refractivity (Wildman–Crippen MR) is 111 cm³/mol. The fourth-order valence-electron chi connectivity index (χ4n) is 3.46. The normalized spacial score (nSPS) is 11.4. The van der Waals surface area contributed by atoms with E-state index in [4.69, 9.17) is 0 Å². The van der Waals surface area contributed by atoms with Gasteiger partial charge in [0.1, 0.15) is 0 Å². The van der Waals surface area contributed by atoms with E-state index in [1.165, 1.54) is 51.8 Å². The molecular formula is C20H37N3OSn. The molecule has 0 radical (unpaired) electrons. The quantitative estimate of drug-likeness (QED) is 0.423. The third kappa shape index (κ3) is 7.55. The molecule has 0 bridgehead atoms. The van der Waals surface area contributed by atoms with Crippen LogP contribution in [0.15, 0.2) is 18.3 Å². The van der Waals surface area contributed by atoms with Gasteiger partial charge in [-0.1, -0.05) is 0 Å². The van der Waals surface area contributed by atoms with E-state index in [9.17, 15) is 4.79 Å². The minimum atomic E-state index is -2.39. The number of pyridine rings is 1. The van der Waals surface area contributed by atoms with Crippen LogP contribution in [-0.4, -0.2) is 35.9 Å². The summed E-state index contributed by atoms with van der Waals surface area (Å²) in [6.45, 7) is 9.43. The molecule has 1 aromatic rings. The first-order chi connectivity index (χ1) is 12.1. The van der Waals surface area contributed by atoms with Gasteiger partial charge in [0.15, 0.2) is 0 Å². The molecular weight excluding hydrogens is 417 g/mol. The molecule has 0 aromatic carbocycles. The average molecular weight is 454 g/mol. The molecule has 1 aromatic heterocycles. The van der Waals surface area contributed by atoms with Gasteiger partial charge in [-0.2, -0.15) is 0 Å². The fourth-order valence-corrected chi connectivity index (χ4v) is 19.1. The number of hydrogen-bond donors (Lipinski definition) is 2. The van der Waals surface area contributed by atoms with E-state index in [0.29, 0.717) is 12.4 Å². The summed E-state index contributed by atoms with van der Waals surface area (Å²) in [5.74, 6) is 0.649.